The Morgan fingerprint density at radius 1 is 0.824 bits per heavy atom. The zero-order valence-electron chi connectivity index (χ0n) is 19.9. The maximum absolute atomic E-state index is 3.91. The van der Waals surface area contributed by atoms with E-state index in [0.29, 0.717) is 0 Å². The number of hydrogen-bond donors (Lipinski definition) is 2. The monoisotopic (exact) mass is 506 g/mol. The number of hydrogen-bond acceptors (Lipinski definition) is 0. The lowest BCUT2D eigenvalue weighted by Crippen LogP contribution is -2.08. The largest absolute Gasteiger partial charge is 0.354 e. The lowest BCUT2D eigenvalue weighted by Gasteiger charge is -2.11. The molecule has 2 heterocycles. The highest BCUT2D eigenvalue weighted by atomic mass is 79.9. The molecular weight excluding hydrogens is 480 g/mol. The predicted molar refractivity (Wildman–Crippen MR) is 146 cm³/mol. The summed E-state index contributed by atoms with van der Waals surface area (Å²) in [5, 5.41) is 7.39. The number of aromatic nitrogens is 2. The van der Waals surface area contributed by atoms with E-state index in [0.717, 1.165) is 21.9 Å². The normalized spacial score (nSPS) is 13.1. The summed E-state index contributed by atoms with van der Waals surface area (Å²) in [5.41, 5.74) is 10.1. The van der Waals surface area contributed by atoms with Gasteiger partial charge < -0.3 is 9.97 Å². The topological polar surface area (TPSA) is 31.6 Å². The van der Waals surface area contributed by atoms with Crippen molar-refractivity contribution < 1.29 is 0 Å². The van der Waals surface area contributed by atoms with Crippen LogP contribution in [0.2, 0.25) is 0 Å². The van der Waals surface area contributed by atoms with Crippen LogP contribution >= 0.6 is 15.9 Å². The van der Waals surface area contributed by atoms with Crippen LogP contribution in [0.3, 0.4) is 0 Å². The number of nitrogens with one attached hydrogen (secondary N) is 2. The van der Waals surface area contributed by atoms with Gasteiger partial charge in [0.2, 0.25) is 0 Å². The first kappa shape index (κ1) is 21.2. The molecule has 0 aliphatic heterocycles. The van der Waals surface area contributed by atoms with E-state index in [-0.39, 0.29) is 0 Å². The average molecular weight is 507 g/mol. The van der Waals surface area contributed by atoms with Crippen molar-refractivity contribution in [3.63, 3.8) is 0 Å². The zero-order chi connectivity index (χ0) is 23.6. The molecule has 168 valence electrons. The molecule has 2 nitrogen and oxygen atoms in total. The Kier molecular flexibility index (Phi) is 4.93. The van der Waals surface area contributed by atoms with Crippen LogP contribution in [-0.4, -0.2) is 9.97 Å². The number of aryl methyl sites for hydroxylation is 4. The van der Waals surface area contributed by atoms with Gasteiger partial charge in [-0.2, -0.15) is 0 Å². The second-order valence-corrected chi connectivity index (χ2v) is 10.4. The van der Waals surface area contributed by atoms with Gasteiger partial charge in [0.25, 0.3) is 0 Å². The minimum absolute atomic E-state index is 0.926. The Hall–Kier alpha value is -3.30. The van der Waals surface area contributed by atoms with Gasteiger partial charge in [-0.1, -0.05) is 65.7 Å². The van der Waals surface area contributed by atoms with Crippen molar-refractivity contribution in [1.82, 2.24) is 9.97 Å². The van der Waals surface area contributed by atoms with E-state index < -0.39 is 0 Å². The lowest BCUT2D eigenvalue weighted by atomic mass is 9.95. The van der Waals surface area contributed by atoms with Crippen molar-refractivity contribution in [3.05, 3.63) is 114 Å². The van der Waals surface area contributed by atoms with Crippen LogP contribution in [0.4, 0.5) is 0 Å². The van der Waals surface area contributed by atoms with Gasteiger partial charge in [0.1, 0.15) is 0 Å². The molecule has 2 N–H and O–H groups in total. The maximum atomic E-state index is 3.91. The summed E-state index contributed by atoms with van der Waals surface area (Å²) < 4.78 is 1.15. The van der Waals surface area contributed by atoms with Crippen molar-refractivity contribution in [1.29, 1.82) is 0 Å². The van der Waals surface area contributed by atoms with E-state index in [4.69, 9.17) is 0 Å². The fourth-order valence-electron chi connectivity index (χ4n) is 5.57. The Bertz CT molecular complexity index is 1810. The van der Waals surface area contributed by atoms with E-state index in [2.05, 4.69) is 120 Å². The van der Waals surface area contributed by atoms with Gasteiger partial charge in [-0.15, -0.1) is 0 Å². The molecular formula is C31H27BrN2. The van der Waals surface area contributed by atoms with E-state index in [9.17, 15) is 0 Å². The van der Waals surface area contributed by atoms with Crippen molar-refractivity contribution in [2.45, 2.75) is 34.1 Å². The first-order chi connectivity index (χ1) is 16.4. The van der Waals surface area contributed by atoms with Crippen LogP contribution < -0.4 is 10.6 Å². The summed E-state index contributed by atoms with van der Waals surface area (Å²) in [5.74, 6) is 0. The summed E-state index contributed by atoms with van der Waals surface area (Å²) in [6.07, 6.45) is 5.49. The van der Waals surface area contributed by atoms with Crippen molar-refractivity contribution in [3.8, 4) is 11.3 Å². The summed E-state index contributed by atoms with van der Waals surface area (Å²) in [7, 11) is 0. The third-order valence-electron chi connectivity index (χ3n) is 7.03. The molecule has 34 heavy (non-hydrogen) atoms. The smallest absolute Gasteiger partial charge is 0.0553 e. The lowest BCUT2D eigenvalue weighted by molar-refractivity contribution is 1.17. The first-order valence-electron chi connectivity index (χ1n) is 11.8. The average Bonchev–Trinajstić information content (AvgIpc) is 3.31. The fraction of sp³-hybridized carbons (Fsp3) is 0.161. The van der Waals surface area contributed by atoms with Crippen LogP contribution in [0.1, 0.15) is 33.5 Å². The van der Waals surface area contributed by atoms with Crippen molar-refractivity contribution in [2.24, 2.45) is 0 Å². The van der Waals surface area contributed by atoms with Crippen LogP contribution in [0.15, 0.2) is 59.1 Å². The summed E-state index contributed by atoms with van der Waals surface area (Å²) >= 11 is 3.91. The van der Waals surface area contributed by atoms with Gasteiger partial charge in [0.15, 0.2) is 0 Å². The highest BCUT2D eigenvalue weighted by Crippen LogP contribution is 2.36. The molecule has 1 aliphatic carbocycles. The van der Waals surface area contributed by atoms with Gasteiger partial charge >= 0.3 is 0 Å². The number of halogens is 1. The summed E-state index contributed by atoms with van der Waals surface area (Å²) in [4.78, 5) is 7.52. The second kappa shape index (κ2) is 7.89. The van der Waals surface area contributed by atoms with Gasteiger partial charge in [0.05, 0.1) is 16.4 Å². The fourth-order valence-corrected chi connectivity index (χ4v) is 6.15. The highest BCUT2D eigenvalue weighted by molar-refractivity contribution is 9.10. The highest BCUT2D eigenvalue weighted by Gasteiger charge is 2.16. The molecule has 6 rings (SSSR count). The minimum Gasteiger partial charge on any atom is -0.354 e. The Morgan fingerprint density at radius 3 is 2.38 bits per heavy atom. The van der Waals surface area contributed by atoms with E-state index in [1.165, 1.54) is 65.6 Å². The number of H-pyrrole nitrogens is 2. The third-order valence-corrected chi connectivity index (χ3v) is 7.93. The summed E-state index contributed by atoms with van der Waals surface area (Å²) in [6.45, 7) is 8.76. The molecule has 0 spiro atoms. The number of aromatic amines is 2. The van der Waals surface area contributed by atoms with E-state index >= 15 is 0 Å². The van der Waals surface area contributed by atoms with E-state index in [1.807, 2.05) is 0 Å². The number of fused-ring (bicyclic) bond motifs is 3. The SMILES string of the molecule is Cc1cc(C)c(-c2[nH]c(C=c3[nH]c4c(c3Br)CC=c3ccccc3=4)c3ccc(C)cc23)c(C)c1. The van der Waals surface area contributed by atoms with Gasteiger partial charge in [0, 0.05) is 31.7 Å². The molecule has 0 bridgehead atoms. The molecule has 0 saturated carbocycles. The third kappa shape index (κ3) is 3.30. The molecule has 5 aromatic rings. The molecule has 3 heteroatoms. The molecule has 2 aromatic heterocycles. The Morgan fingerprint density at radius 2 is 1.59 bits per heavy atom. The number of benzene rings is 3. The van der Waals surface area contributed by atoms with Crippen molar-refractivity contribution in [2.75, 3.05) is 0 Å². The predicted octanol–water partition coefficient (Wildman–Crippen LogP) is 6.61. The minimum atomic E-state index is 0.926. The second-order valence-electron chi connectivity index (χ2n) is 9.58. The van der Waals surface area contributed by atoms with Crippen LogP contribution in [-0.2, 0) is 6.42 Å². The quantitative estimate of drug-likeness (QED) is 0.270. The first-order valence-corrected chi connectivity index (χ1v) is 12.6. The molecule has 0 fully saturated rings. The Labute approximate surface area is 207 Å². The van der Waals surface area contributed by atoms with E-state index in [1.54, 1.807) is 0 Å². The molecule has 0 atom stereocenters. The standard InChI is InChI=1S/C31H27BrN2/c1-17-9-11-23-25(15-17)31(28-19(3)13-18(2)14-20(28)4)33-26(23)16-27-29(32)24-12-10-21-7-5-6-8-22(21)30(24)34-27/h5-11,13-16,33-34H,12H2,1-4H3. The molecule has 3 aromatic carbocycles. The molecule has 1 aliphatic rings. The Balaban J connectivity index is 1.65. The van der Waals surface area contributed by atoms with Crippen LogP contribution in [0, 0.1) is 38.3 Å². The maximum Gasteiger partial charge on any atom is 0.0553 e. The van der Waals surface area contributed by atoms with Gasteiger partial charge in [-0.05, 0) is 84.1 Å². The molecule has 0 amide bonds. The molecule has 0 saturated heterocycles. The molecule has 0 radical (unpaired) electrons. The summed E-state index contributed by atoms with van der Waals surface area (Å²) in [6, 6.07) is 19.9. The van der Waals surface area contributed by atoms with Crippen LogP contribution in [0.5, 0.6) is 0 Å². The molecule has 0 unspecified atom stereocenters. The van der Waals surface area contributed by atoms with Gasteiger partial charge in [-0.3, -0.25) is 0 Å². The van der Waals surface area contributed by atoms with Gasteiger partial charge in [-0.25, -0.2) is 0 Å². The zero-order valence-corrected chi connectivity index (χ0v) is 21.5. The number of rotatable bonds is 2. The van der Waals surface area contributed by atoms with Crippen molar-refractivity contribution >= 4 is 38.9 Å². The van der Waals surface area contributed by atoms with Crippen LogP contribution in [0.25, 0.3) is 34.2 Å².